The third kappa shape index (κ3) is 2.28. The van der Waals surface area contributed by atoms with Crippen molar-refractivity contribution in [2.24, 2.45) is 0 Å². The Balaban J connectivity index is 2.17. The van der Waals surface area contributed by atoms with Crippen LogP contribution in [0.1, 0.15) is 12.0 Å². The number of cyclic esters (lactones) is 1. The van der Waals surface area contributed by atoms with Crippen LogP contribution in [-0.4, -0.2) is 23.8 Å². The summed E-state index contributed by atoms with van der Waals surface area (Å²) in [4.78, 5) is 11.2. The number of benzene rings is 1. The van der Waals surface area contributed by atoms with Crippen LogP contribution in [0.4, 0.5) is 0 Å². The van der Waals surface area contributed by atoms with Gasteiger partial charge in [0.15, 0.2) is 6.10 Å². The minimum Gasteiger partial charge on any atom is -0.478 e. The van der Waals surface area contributed by atoms with Crippen LogP contribution in [0.25, 0.3) is 0 Å². The summed E-state index contributed by atoms with van der Waals surface area (Å²) in [5, 5.41) is 9.65. The number of ether oxygens (including phenoxy) is 2. The predicted molar refractivity (Wildman–Crippen MR) is 57.4 cm³/mol. The highest BCUT2D eigenvalue weighted by Crippen LogP contribution is 2.25. The molecule has 1 heterocycles. The number of carbonyl (C=O) groups excluding carboxylic acids is 1. The molecule has 86 valence electrons. The quantitative estimate of drug-likeness (QED) is 0.817. The lowest BCUT2D eigenvalue weighted by molar-refractivity contribution is -0.143. The summed E-state index contributed by atoms with van der Waals surface area (Å²) in [7, 11) is 0. The zero-order valence-corrected chi connectivity index (χ0v) is 9.24. The zero-order valence-electron chi connectivity index (χ0n) is 8.48. The van der Waals surface area contributed by atoms with Crippen molar-refractivity contribution < 1.29 is 19.4 Å². The number of carbonyl (C=O) groups is 1. The van der Waals surface area contributed by atoms with Gasteiger partial charge in [0, 0.05) is 17.0 Å². The maximum atomic E-state index is 11.2. The molecule has 1 atom stereocenters. The maximum absolute atomic E-state index is 11.2. The van der Waals surface area contributed by atoms with Gasteiger partial charge in [0.1, 0.15) is 5.75 Å². The molecule has 1 aliphatic heterocycles. The predicted octanol–water partition coefficient (Wildman–Crippen LogP) is 1.53. The van der Waals surface area contributed by atoms with Crippen LogP contribution < -0.4 is 4.74 Å². The Bertz CT molecular complexity index is 405. The molecule has 5 heteroatoms. The van der Waals surface area contributed by atoms with Gasteiger partial charge in [-0.15, -0.1) is 0 Å². The van der Waals surface area contributed by atoms with Crippen LogP contribution in [0, 0.1) is 0 Å². The fourth-order valence-corrected chi connectivity index (χ4v) is 1.72. The van der Waals surface area contributed by atoms with Gasteiger partial charge < -0.3 is 14.6 Å². The average molecular weight is 243 g/mol. The normalized spacial score (nSPS) is 19.6. The minimum absolute atomic E-state index is 0.183. The molecular formula is C11H11ClO4. The van der Waals surface area contributed by atoms with E-state index in [9.17, 15) is 4.79 Å². The molecule has 1 aliphatic rings. The number of aliphatic hydroxyl groups is 1. The van der Waals surface area contributed by atoms with E-state index < -0.39 is 6.10 Å². The van der Waals surface area contributed by atoms with Gasteiger partial charge in [0.25, 0.3) is 0 Å². The first-order chi connectivity index (χ1) is 7.70. The summed E-state index contributed by atoms with van der Waals surface area (Å²) in [6.07, 6.45) is -0.0433. The lowest BCUT2D eigenvalue weighted by atomic mass is 10.2. The molecule has 1 aromatic carbocycles. The standard InChI is InChI=1S/C11H11ClO4/c12-8-1-2-9(7(5-8)6-13)16-10-3-4-15-11(10)14/h1-2,5,10,13H,3-4,6H2. The molecule has 0 amide bonds. The van der Waals surface area contributed by atoms with Crippen molar-refractivity contribution in [1.29, 1.82) is 0 Å². The minimum atomic E-state index is -0.577. The highest BCUT2D eigenvalue weighted by atomic mass is 35.5. The van der Waals surface area contributed by atoms with Crippen molar-refractivity contribution in [2.75, 3.05) is 6.61 Å². The van der Waals surface area contributed by atoms with E-state index in [1.165, 1.54) is 0 Å². The summed E-state index contributed by atoms with van der Waals surface area (Å²) in [6.45, 7) is 0.198. The molecule has 1 unspecified atom stereocenters. The van der Waals surface area contributed by atoms with E-state index in [0.717, 1.165) is 0 Å². The average Bonchev–Trinajstić information content (AvgIpc) is 2.67. The van der Waals surface area contributed by atoms with Gasteiger partial charge in [0.2, 0.25) is 0 Å². The highest BCUT2D eigenvalue weighted by Gasteiger charge is 2.28. The fraction of sp³-hybridized carbons (Fsp3) is 0.364. The number of aliphatic hydroxyl groups excluding tert-OH is 1. The summed E-state index contributed by atoms with van der Waals surface area (Å²) >= 11 is 5.78. The summed E-state index contributed by atoms with van der Waals surface area (Å²) in [6, 6.07) is 4.90. The highest BCUT2D eigenvalue weighted by molar-refractivity contribution is 6.30. The van der Waals surface area contributed by atoms with Crippen molar-refractivity contribution in [1.82, 2.24) is 0 Å². The molecule has 0 spiro atoms. The monoisotopic (exact) mass is 242 g/mol. The number of hydrogen-bond donors (Lipinski definition) is 1. The van der Waals surface area contributed by atoms with Crippen molar-refractivity contribution in [2.45, 2.75) is 19.1 Å². The lowest BCUT2D eigenvalue weighted by Gasteiger charge is -2.13. The van der Waals surface area contributed by atoms with Crippen molar-refractivity contribution in [3.05, 3.63) is 28.8 Å². The number of halogens is 1. The van der Waals surface area contributed by atoms with Crippen molar-refractivity contribution in [3.8, 4) is 5.75 Å². The number of hydrogen-bond acceptors (Lipinski definition) is 4. The van der Waals surface area contributed by atoms with Crippen LogP contribution in [0.3, 0.4) is 0 Å². The van der Waals surface area contributed by atoms with Gasteiger partial charge >= 0.3 is 5.97 Å². The Hall–Kier alpha value is -1.26. The van der Waals surface area contributed by atoms with Gasteiger partial charge in [-0.05, 0) is 18.2 Å². The van der Waals surface area contributed by atoms with Gasteiger partial charge in [-0.2, -0.15) is 0 Å². The second-order valence-electron chi connectivity index (χ2n) is 3.47. The lowest BCUT2D eigenvalue weighted by Crippen LogP contribution is -2.22. The first-order valence-electron chi connectivity index (χ1n) is 4.93. The van der Waals surface area contributed by atoms with Gasteiger partial charge in [-0.3, -0.25) is 0 Å². The van der Waals surface area contributed by atoms with E-state index in [-0.39, 0.29) is 12.6 Å². The fourth-order valence-electron chi connectivity index (χ4n) is 1.52. The molecule has 4 nitrogen and oxygen atoms in total. The van der Waals surface area contributed by atoms with E-state index in [2.05, 4.69) is 0 Å². The molecule has 0 radical (unpaired) electrons. The van der Waals surface area contributed by atoms with Gasteiger partial charge in [-0.25, -0.2) is 4.79 Å². The third-order valence-electron chi connectivity index (χ3n) is 2.35. The first kappa shape index (κ1) is 11.2. The molecule has 0 saturated carbocycles. The van der Waals surface area contributed by atoms with E-state index in [0.29, 0.717) is 29.4 Å². The molecule has 1 aromatic rings. The molecule has 1 N–H and O–H groups in total. The Morgan fingerprint density at radius 2 is 2.38 bits per heavy atom. The summed E-state index contributed by atoms with van der Waals surface area (Å²) < 4.78 is 10.3. The van der Waals surface area contributed by atoms with E-state index in [1.54, 1.807) is 18.2 Å². The molecule has 0 aliphatic carbocycles. The molecule has 16 heavy (non-hydrogen) atoms. The third-order valence-corrected chi connectivity index (χ3v) is 2.58. The Kier molecular flexibility index (Phi) is 3.31. The SMILES string of the molecule is O=C1OCCC1Oc1ccc(Cl)cc1CO. The van der Waals surface area contributed by atoms with Crippen molar-refractivity contribution in [3.63, 3.8) is 0 Å². The van der Waals surface area contributed by atoms with Gasteiger partial charge in [-0.1, -0.05) is 11.6 Å². The Morgan fingerprint density at radius 3 is 3.00 bits per heavy atom. The molecule has 1 fully saturated rings. The second-order valence-corrected chi connectivity index (χ2v) is 3.91. The molecule has 2 rings (SSSR count). The number of rotatable bonds is 3. The van der Waals surface area contributed by atoms with E-state index in [4.69, 9.17) is 26.2 Å². The van der Waals surface area contributed by atoms with Gasteiger partial charge in [0.05, 0.1) is 13.2 Å². The topological polar surface area (TPSA) is 55.8 Å². The maximum Gasteiger partial charge on any atom is 0.347 e. The summed E-state index contributed by atoms with van der Waals surface area (Å²) in [5.41, 5.74) is 0.562. The molecule has 0 aromatic heterocycles. The Labute approximate surface area is 97.7 Å². The van der Waals surface area contributed by atoms with Crippen LogP contribution in [0.5, 0.6) is 5.75 Å². The van der Waals surface area contributed by atoms with Crippen LogP contribution >= 0.6 is 11.6 Å². The second kappa shape index (κ2) is 4.72. The molecule has 1 saturated heterocycles. The number of esters is 1. The van der Waals surface area contributed by atoms with Crippen molar-refractivity contribution >= 4 is 17.6 Å². The zero-order chi connectivity index (χ0) is 11.5. The molecule has 0 bridgehead atoms. The van der Waals surface area contributed by atoms with Crippen LogP contribution in [-0.2, 0) is 16.1 Å². The van der Waals surface area contributed by atoms with E-state index in [1.807, 2.05) is 0 Å². The largest absolute Gasteiger partial charge is 0.478 e. The van der Waals surface area contributed by atoms with E-state index >= 15 is 0 Å². The van der Waals surface area contributed by atoms with Crippen LogP contribution in [0.15, 0.2) is 18.2 Å². The Morgan fingerprint density at radius 1 is 1.56 bits per heavy atom. The first-order valence-corrected chi connectivity index (χ1v) is 5.31. The smallest absolute Gasteiger partial charge is 0.347 e. The molecular weight excluding hydrogens is 232 g/mol. The summed E-state index contributed by atoms with van der Waals surface area (Å²) in [5.74, 6) is 0.106. The van der Waals surface area contributed by atoms with Crippen LogP contribution in [0.2, 0.25) is 5.02 Å².